The Hall–Kier alpha value is -1.74. The number of aromatic nitrogens is 1. The van der Waals surface area contributed by atoms with E-state index in [4.69, 9.17) is 5.73 Å². The lowest BCUT2D eigenvalue weighted by Gasteiger charge is -2.12. The number of benzene rings is 1. The number of hydrogen-bond donors (Lipinski definition) is 2. The number of para-hydroxylation sites is 1. The van der Waals surface area contributed by atoms with E-state index >= 15 is 0 Å². The van der Waals surface area contributed by atoms with Crippen molar-refractivity contribution in [2.45, 2.75) is 45.6 Å². The molecule has 0 saturated heterocycles. The molecule has 1 unspecified atom stereocenters. The highest BCUT2D eigenvalue weighted by Crippen LogP contribution is 2.27. The second-order valence-electron chi connectivity index (χ2n) is 5.55. The van der Waals surface area contributed by atoms with Crippen molar-refractivity contribution in [3.05, 3.63) is 48.3 Å². The molecule has 0 aliphatic rings. The van der Waals surface area contributed by atoms with Gasteiger partial charge in [-0.3, -0.25) is 0 Å². The molecular formula is C18H27N3. The molecule has 0 aliphatic heterocycles. The molecule has 0 spiro atoms. The van der Waals surface area contributed by atoms with Gasteiger partial charge >= 0.3 is 0 Å². The fraction of sp³-hybridized carbons (Fsp3) is 0.444. The van der Waals surface area contributed by atoms with Crippen LogP contribution in [0.5, 0.6) is 0 Å². The summed E-state index contributed by atoms with van der Waals surface area (Å²) in [5.41, 5.74) is 9.91. The molecule has 0 radical (unpaired) electrons. The number of unbranched alkanes of at least 4 members (excludes halogenated alkanes) is 1. The van der Waals surface area contributed by atoms with Gasteiger partial charge in [0.05, 0.1) is 5.69 Å². The first-order chi connectivity index (χ1) is 10.3. The van der Waals surface area contributed by atoms with Gasteiger partial charge in [-0.25, -0.2) is 0 Å². The molecule has 3 nitrogen and oxygen atoms in total. The Bertz CT molecular complexity index is 531. The predicted molar refractivity (Wildman–Crippen MR) is 91.0 cm³/mol. The molecule has 1 aromatic carbocycles. The zero-order chi connectivity index (χ0) is 15.1. The van der Waals surface area contributed by atoms with Crippen LogP contribution in [0, 0.1) is 0 Å². The highest BCUT2D eigenvalue weighted by atomic mass is 15.0. The standard InChI is InChI=1S/C18H27N3/c1-3-5-12-20-18-14-21(15-10-7-6-8-11-15)13-16(18)17(19)9-4-2/h6-8,10-11,13-14,17,20H,3-5,9,12,19H2,1-2H3. The molecule has 114 valence electrons. The molecule has 2 aromatic rings. The molecule has 2 rings (SSSR count). The summed E-state index contributed by atoms with van der Waals surface area (Å²) in [6.45, 7) is 5.39. The van der Waals surface area contributed by atoms with Crippen LogP contribution >= 0.6 is 0 Å². The van der Waals surface area contributed by atoms with Gasteiger partial charge in [0.15, 0.2) is 0 Å². The van der Waals surface area contributed by atoms with Crippen molar-refractivity contribution in [2.24, 2.45) is 5.73 Å². The minimum absolute atomic E-state index is 0.101. The van der Waals surface area contributed by atoms with Crippen LogP contribution in [0.4, 0.5) is 5.69 Å². The smallest absolute Gasteiger partial charge is 0.0572 e. The summed E-state index contributed by atoms with van der Waals surface area (Å²) in [4.78, 5) is 0. The van der Waals surface area contributed by atoms with E-state index in [0.29, 0.717) is 0 Å². The molecule has 21 heavy (non-hydrogen) atoms. The summed E-state index contributed by atoms with van der Waals surface area (Å²) in [7, 11) is 0. The Morgan fingerprint density at radius 3 is 2.52 bits per heavy atom. The third-order valence-corrected chi connectivity index (χ3v) is 3.76. The summed E-state index contributed by atoms with van der Waals surface area (Å²) >= 11 is 0. The van der Waals surface area contributed by atoms with E-state index in [1.807, 2.05) is 6.07 Å². The maximum Gasteiger partial charge on any atom is 0.0572 e. The quantitative estimate of drug-likeness (QED) is 0.702. The summed E-state index contributed by atoms with van der Waals surface area (Å²) in [6, 6.07) is 10.5. The van der Waals surface area contributed by atoms with Gasteiger partial charge in [-0.2, -0.15) is 0 Å². The maximum absolute atomic E-state index is 6.35. The second kappa shape index (κ2) is 7.89. The summed E-state index contributed by atoms with van der Waals surface area (Å²) in [5, 5.41) is 3.54. The van der Waals surface area contributed by atoms with Crippen LogP contribution < -0.4 is 11.1 Å². The fourth-order valence-electron chi connectivity index (χ4n) is 2.53. The van der Waals surface area contributed by atoms with E-state index in [1.54, 1.807) is 0 Å². The molecular weight excluding hydrogens is 258 g/mol. The van der Waals surface area contributed by atoms with Crippen LogP contribution in [0.25, 0.3) is 5.69 Å². The molecule has 1 atom stereocenters. The molecule has 0 fully saturated rings. The monoisotopic (exact) mass is 285 g/mol. The molecule has 3 N–H and O–H groups in total. The molecule has 1 heterocycles. The predicted octanol–water partition coefficient (Wildman–Crippen LogP) is 4.49. The average molecular weight is 285 g/mol. The number of hydrogen-bond acceptors (Lipinski definition) is 2. The van der Waals surface area contributed by atoms with Gasteiger partial charge in [0.1, 0.15) is 0 Å². The van der Waals surface area contributed by atoms with Gasteiger partial charge in [-0.1, -0.05) is 44.9 Å². The third-order valence-electron chi connectivity index (χ3n) is 3.76. The van der Waals surface area contributed by atoms with E-state index in [0.717, 1.165) is 19.4 Å². The van der Waals surface area contributed by atoms with Gasteiger partial charge in [-0.05, 0) is 25.0 Å². The molecule has 0 saturated carbocycles. The van der Waals surface area contributed by atoms with Crippen molar-refractivity contribution in [2.75, 3.05) is 11.9 Å². The van der Waals surface area contributed by atoms with Crippen molar-refractivity contribution in [3.8, 4) is 5.69 Å². The van der Waals surface area contributed by atoms with Gasteiger partial charge in [0.2, 0.25) is 0 Å². The van der Waals surface area contributed by atoms with E-state index < -0.39 is 0 Å². The van der Waals surface area contributed by atoms with Crippen LogP contribution in [-0.4, -0.2) is 11.1 Å². The van der Waals surface area contributed by atoms with Gasteiger partial charge in [-0.15, -0.1) is 0 Å². The SMILES string of the molecule is CCCCNc1cn(-c2ccccc2)cc1C(N)CCC. The topological polar surface area (TPSA) is 43.0 Å². The largest absolute Gasteiger partial charge is 0.384 e. The number of rotatable bonds is 8. The molecule has 0 aliphatic carbocycles. The molecule has 0 amide bonds. The summed E-state index contributed by atoms with van der Waals surface area (Å²) in [5.74, 6) is 0. The van der Waals surface area contributed by atoms with Gasteiger partial charge in [0, 0.05) is 36.2 Å². The lowest BCUT2D eigenvalue weighted by molar-refractivity contribution is 0.639. The van der Waals surface area contributed by atoms with Crippen LogP contribution in [0.1, 0.15) is 51.1 Å². The Morgan fingerprint density at radius 1 is 1.10 bits per heavy atom. The van der Waals surface area contributed by atoms with E-state index in [1.165, 1.54) is 29.8 Å². The number of anilines is 1. The first-order valence-corrected chi connectivity index (χ1v) is 8.03. The van der Waals surface area contributed by atoms with Crippen molar-refractivity contribution in [1.82, 2.24) is 4.57 Å². The van der Waals surface area contributed by atoms with E-state index in [9.17, 15) is 0 Å². The Balaban J connectivity index is 2.25. The third kappa shape index (κ3) is 4.11. The molecule has 3 heteroatoms. The Morgan fingerprint density at radius 2 is 1.86 bits per heavy atom. The van der Waals surface area contributed by atoms with Crippen LogP contribution in [0.2, 0.25) is 0 Å². The second-order valence-corrected chi connectivity index (χ2v) is 5.55. The van der Waals surface area contributed by atoms with E-state index in [2.05, 4.69) is 60.4 Å². The first-order valence-electron chi connectivity index (χ1n) is 8.03. The van der Waals surface area contributed by atoms with Crippen molar-refractivity contribution < 1.29 is 0 Å². The first kappa shape index (κ1) is 15.6. The lowest BCUT2D eigenvalue weighted by Crippen LogP contribution is -2.12. The summed E-state index contributed by atoms with van der Waals surface area (Å²) < 4.78 is 2.17. The molecule has 1 aromatic heterocycles. The van der Waals surface area contributed by atoms with Crippen molar-refractivity contribution in [1.29, 1.82) is 0 Å². The zero-order valence-corrected chi connectivity index (χ0v) is 13.2. The zero-order valence-electron chi connectivity index (χ0n) is 13.2. The highest BCUT2D eigenvalue weighted by Gasteiger charge is 2.14. The van der Waals surface area contributed by atoms with Crippen molar-refractivity contribution >= 4 is 5.69 Å². The Kier molecular flexibility index (Phi) is 5.88. The lowest BCUT2D eigenvalue weighted by atomic mass is 10.1. The maximum atomic E-state index is 6.35. The minimum atomic E-state index is 0.101. The number of nitrogens with one attached hydrogen (secondary N) is 1. The highest BCUT2D eigenvalue weighted by molar-refractivity contribution is 5.54. The number of nitrogens with zero attached hydrogens (tertiary/aromatic N) is 1. The number of nitrogens with two attached hydrogens (primary N) is 1. The molecule has 0 bridgehead atoms. The van der Waals surface area contributed by atoms with E-state index in [-0.39, 0.29) is 6.04 Å². The van der Waals surface area contributed by atoms with Gasteiger partial charge in [0.25, 0.3) is 0 Å². The van der Waals surface area contributed by atoms with Crippen LogP contribution in [0.3, 0.4) is 0 Å². The van der Waals surface area contributed by atoms with Crippen molar-refractivity contribution in [3.63, 3.8) is 0 Å². The minimum Gasteiger partial charge on any atom is -0.384 e. The van der Waals surface area contributed by atoms with Crippen LogP contribution in [0.15, 0.2) is 42.7 Å². The van der Waals surface area contributed by atoms with Crippen LogP contribution in [-0.2, 0) is 0 Å². The average Bonchev–Trinajstić information content (AvgIpc) is 2.93. The normalized spacial score (nSPS) is 12.3. The van der Waals surface area contributed by atoms with Gasteiger partial charge < -0.3 is 15.6 Å². The fourth-order valence-corrected chi connectivity index (χ4v) is 2.53. The summed E-state index contributed by atoms with van der Waals surface area (Å²) in [6.07, 6.45) is 8.83. The Labute approximate surface area is 128 Å².